The van der Waals surface area contributed by atoms with Crippen LogP contribution in [0.3, 0.4) is 0 Å². The molecule has 0 saturated heterocycles. The van der Waals surface area contributed by atoms with Crippen LogP contribution in [-0.4, -0.2) is 20.1 Å². The van der Waals surface area contributed by atoms with Gasteiger partial charge in [0.25, 0.3) is 5.91 Å². The highest BCUT2D eigenvalue weighted by molar-refractivity contribution is 7.91. The van der Waals surface area contributed by atoms with Crippen LogP contribution in [0.15, 0.2) is 70.5 Å². The number of nitrogens with one attached hydrogen (secondary N) is 1. The lowest BCUT2D eigenvalue weighted by Gasteiger charge is -2.19. The van der Waals surface area contributed by atoms with Crippen LogP contribution < -0.4 is 5.32 Å². The molecule has 1 amide bonds. The monoisotopic (exact) mass is 431 g/mol. The summed E-state index contributed by atoms with van der Waals surface area (Å²) >= 11 is 12.0. The average molecular weight is 432 g/mol. The van der Waals surface area contributed by atoms with Crippen molar-refractivity contribution in [2.75, 3.05) is 5.32 Å². The van der Waals surface area contributed by atoms with E-state index in [0.717, 1.165) is 0 Å². The van der Waals surface area contributed by atoms with Gasteiger partial charge in [0, 0.05) is 21.7 Å². The molecule has 0 aromatic heterocycles. The minimum atomic E-state index is -3.93. The number of ketones is 1. The fourth-order valence-electron chi connectivity index (χ4n) is 3.01. The molecule has 3 aromatic rings. The van der Waals surface area contributed by atoms with E-state index in [-0.39, 0.29) is 31.5 Å². The summed E-state index contributed by atoms with van der Waals surface area (Å²) in [6, 6.07) is 14.5. The Labute approximate surface area is 170 Å². The van der Waals surface area contributed by atoms with Crippen LogP contribution in [0, 0.1) is 0 Å². The molecule has 0 saturated carbocycles. The maximum absolute atomic E-state index is 13.0. The highest BCUT2D eigenvalue weighted by atomic mass is 35.5. The largest absolute Gasteiger partial charge is 0.321 e. The molecule has 0 unspecified atom stereocenters. The third kappa shape index (κ3) is 2.99. The van der Waals surface area contributed by atoms with E-state index in [1.54, 1.807) is 18.2 Å². The second kappa shape index (κ2) is 6.74. The summed E-state index contributed by atoms with van der Waals surface area (Å²) in [4.78, 5) is 25.0. The summed E-state index contributed by atoms with van der Waals surface area (Å²) in [5.74, 6) is -0.973. The molecule has 0 spiro atoms. The third-order valence-corrected chi connectivity index (χ3v) is 6.79. The van der Waals surface area contributed by atoms with Crippen molar-refractivity contribution in [1.29, 1.82) is 0 Å². The number of carbonyl (C=O) groups is 2. The molecule has 0 radical (unpaired) electrons. The van der Waals surface area contributed by atoms with Crippen molar-refractivity contribution in [3.05, 3.63) is 87.4 Å². The number of halogens is 2. The van der Waals surface area contributed by atoms with Gasteiger partial charge in [0.15, 0.2) is 5.78 Å². The predicted molar refractivity (Wildman–Crippen MR) is 106 cm³/mol. The van der Waals surface area contributed by atoms with Gasteiger partial charge >= 0.3 is 0 Å². The fourth-order valence-corrected chi connectivity index (χ4v) is 5.03. The Hall–Kier alpha value is -2.67. The molecule has 0 bridgehead atoms. The molecular weight excluding hydrogens is 421 g/mol. The van der Waals surface area contributed by atoms with Crippen LogP contribution >= 0.6 is 23.2 Å². The van der Waals surface area contributed by atoms with E-state index < -0.39 is 21.5 Å². The van der Waals surface area contributed by atoms with Crippen LogP contribution in [0.4, 0.5) is 5.69 Å². The molecule has 0 fully saturated rings. The second-order valence-electron chi connectivity index (χ2n) is 6.12. The van der Waals surface area contributed by atoms with Crippen molar-refractivity contribution in [2.45, 2.75) is 9.79 Å². The number of carbonyl (C=O) groups excluding carboxylic acids is 2. The Bertz CT molecular complexity index is 1270. The van der Waals surface area contributed by atoms with Crippen molar-refractivity contribution in [3.63, 3.8) is 0 Å². The molecule has 4 rings (SSSR count). The lowest BCUT2D eigenvalue weighted by Crippen LogP contribution is -2.21. The van der Waals surface area contributed by atoms with Gasteiger partial charge in [0.1, 0.15) is 0 Å². The molecule has 140 valence electrons. The second-order valence-corrected chi connectivity index (χ2v) is 8.85. The Morgan fingerprint density at radius 1 is 0.857 bits per heavy atom. The molecule has 28 heavy (non-hydrogen) atoms. The summed E-state index contributed by atoms with van der Waals surface area (Å²) in [5.41, 5.74) is 0.528. The zero-order valence-corrected chi connectivity index (χ0v) is 16.4. The van der Waals surface area contributed by atoms with Gasteiger partial charge in [0.2, 0.25) is 9.84 Å². The number of amides is 1. The minimum Gasteiger partial charge on any atom is -0.321 e. The first-order valence-corrected chi connectivity index (χ1v) is 10.3. The maximum Gasteiger partial charge on any atom is 0.255 e. The summed E-state index contributed by atoms with van der Waals surface area (Å²) in [7, 11) is -3.93. The van der Waals surface area contributed by atoms with E-state index in [1.807, 2.05) is 0 Å². The number of hydrogen-bond donors (Lipinski definition) is 1. The quantitative estimate of drug-likeness (QED) is 0.501. The fraction of sp³-hybridized carbons (Fsp3) is 0. The number of anilines is 1. The highest BCUT2D eigenvalue weighted by Crippen LogP contribution is 2.35. The highest BCUT2D eigenvalue weighted by Gasteiger charge is 2.35. The summed E-state index contributed by atoms with van der Waals surface area (Å²) in [6.07, 6.45) is 0. The number of benzene rings is 3. The van der Waals surface area contributed by atoms with E-state index in [9.17, 15) is 18.0 Å². The Balaban J connectivity index is 1.77. The van der Waals surface area contributed by atoms with E-state index >= 15 is 0 Å². The Morgan fingerprint density at radius 2 is 1.57 bits per heavy atom. The van der Waals surface area contributed by atoms with Crippen molar-refractivity contribution in [1.82, 2.24) is 0 Å². The van der Waals surface area contributed by atoms with Gasteiger partial charge in [-0.1, -0.05) is 35.3 Å². The van der Waals surface area contributed by atoms with Crippen LogP contribution in [0.1, 0.15) is 26.3 Å². The topological polar surface area (TPSA) is 80.3 Å². The zero-order chi connectivity index (χ0) is 20.1. The first kappa shape index (κ1) is 18.7. The van der Waals surface area contributed by atoms with Gasteiger partial charge in [-0.15, -0.1) is 0 Å². The first-order valence-electron chi connectivity index (χ1n) is 8.08. The molecule has 1 heterocycles. The number of sulfone groups is 1. The molecule has 1 aliphatic rings. The maximum atomic E-state index is 13.0. The molecule has 8 heteroatoms. The van der Waals surface area contributed by atoms with Crippen molar-refractivity contribution in [2.24, 2.45) is 0 Å². The lowest BCUT2D eigenvalue weighted by atomic mass is 10.0. The number of rotatable bonds is 2. The molecule has 3 aromatic carbocycles. The van der Waals surface area contributed by atoms with Gasteiger partial charge in [-0.3, -0.25) is 9.59 Å². The Kier molecular flexibility index (Phi) is 4.50. The zero-order valence-electron chi connectivity index (χ0n) is 14.1. The SMILES string of the molecule is O=C(Nc1cc(Cl)ccc1Cl)c1ccc2c(c1)S(=O)(=O)c1ccccc1C2=O. The lowest BCUT2D eigenvalue weighted by molar-refractivity contribution is 0.101. The van der Waals surface area contributed by atoms with Gasteiger partial charge in [-0.05, 0) is 48.5 Å². The standard InChI is InChI=1S/C20H11Cl2NO4S/c21-12-6-8-15(22)16(10-12)23-20(25)11-5-7-14-18(9-11)28(26,27)17-4-2-1-3-13(17)19(14)24/h1-10H,(H,23,25). The molecule has 1 N–H and O–H groups in total. The van der Waals surface area contributed by atoms with E-state index in [2.05, 4.69) is 5.32 Å². The summed E-state index contributed by atoms with van der Waals surface area (Å²) in [6.45, 7) is 0. The van der Waals surface area contributed by atoms with Gasteiger partial charge in [-0.2, -0.15) is 0 Å². The van der Waals surface area contributed by atoms with Gasteiger partial charge in [0.05, 0.1) is 20.5 Å². The minimum absolute atomic E-state index is 0.0380. The van der Waals surface area contributed by atoms with Crippen LogP contribution in [0.5, 0.6) is 0 Å². The molecule has 0 aliphatic carbocycles. The Morgan fingerprint density at radius 3 is 2.36 bits per heavy atom. The van der Waals surface area contributed by atoms with Crippen molar-refractivity contribution in [3.8, 4) is 0 Å². The first-order chi connectivity index (χ1) is 13.3. The summed E-state index contributed by atoms with van der Waals surface area (Å²) in [5, 5.41) is 3.27. The van der Waals surface area contributed by atoms with E-state index in [1.165, 1.54) is 42.5 Å². The molecule has 5 nitrogen and oxygen atoms in total. The van der Waals surface area contributed by atoms with E-state index in [4.69, 9.17) is 23.2 Å². The number of hydrogen-bond acceptors (Lipinski definition) is 4. The molecule has 1 aliphatic heterocycles. The van der Waals surface area contributed by atoms with Gasteiger partial charge in [-0.25, -0.2) is 8.42 Å². The molecule has 0 atom stereocenters. The summed E-state index contributed by atoms with van der Waals surface area (Å²) < 4.78 is 25.9. The predicted octanol–water partition coefficient (Wildman–Crippen LogP) is 4.62. The van der Waals surface area contributed by atoms with Crippen LogP contribution in [0.2, 0.25) is 10.0 Å². The number of fused-ring (bicyclic) bond motifs is 2. The average Bonchev–Trinajstić information content (AvgIpc) is 2.69. The van der Waals surface area contributed by atoms with Crippen molar-refractivity contribution >= 4 is 50.4 Å². The van der Waals surface area contributed by atoms with E-state index in [0.29, 0.717) is 10.7 Å². The smallest absolute Gasteiger partial charge is 0.255 e. The van der Waals surface area contributed by atoms with Crippen molar-refractivity contribution < 1.29 is 18.0 Å². The molecular formula is C20H11Cl2NO4S. The third-order valence-electron chi connectivity index (χ3n) is 4.38. The van der Waals surface area contributed by atoms with Gasteiger partial charge < -0.3 is 5.32 Å². The van der Waals surface area contributed by atoms with Crippen LogP contribution in [-0.2, 0) is 9.84 Å². The normalized spacial score (nSPS) is 14.1. The van der Waals surface area contributed by atoms with Crippen LogP contribution in [0.25, 0.3) is 0 Å².